The molecule has 0 aliphatic heterocycles. The lowest BCUT2D eigenvalue weighted by Gasteiger charge is -2.04. The molecule has 0 bridgehead atoms. The second-order valence-corrected chi connectivity index (χ2v) is 5.49. The minimum atomic E-state index is 0.451. The summed E-state index contributed by atoms with van der Waals surface area (Å²) in [5, 5.41) is 3.13. The lowest BCUT2D eigenvalue weighted by atomic mass is 10.4. The Morgan fingerprint density at radius 1 is 1.44 bits per heavy atom. The Balaban J connectivity index is 2.04. The third kappa shape index (κ3) is 2.93. The Bertz CT molecular complexity index is 477. The van der Waals surface area contributed by atoms with Crippen LogP contribution in [0.4, 0.5) is 11.8 Å². The number of halogens is 1. The van der Waals surface area contributed by atoms with Crippen molar-refractivity contribution in [1.29, 1.82) is 0 Å². The van der Waals surface area contributed by atoms with Crippen LogP contribution in [-0.4, -0.2) is 9.97 Å². The Morgan fingerprint density at radius 3 is 2.88 bits per heavy atom. The first-order valence-electron chi connectivity index (χ1n) is 4.73. The summed E-state index contributed by atoms with van der Waals surface area (Å²) in [6, 6.07) is 5.85. The molecule has 0 saturated carbocycles. The zero-order valence-corrected chi connectivity index (χ0v) is 11.1. The highest BCUT2D eigenvalue weighted by Gasteiger charge is 2.01. The maximum atomic E-state index is 5.61. The molecule has 0 saturated heterocycles. The lowest BCUT2D eigenvalue weighted by molar-refractivity contribution is 1.06. The van der Waals surface area contributed by atoms with Gasteiger partial charge in [0.05, 0.1) is 6.54 Å². The first-order valence-corrected chi connectivity index (χ1v) is 6.33. The van der Waals surface area contributed by atoms with E-state index in [0.717, 1.165) is 0 Å². The summed E-state index contributed by atoms with van der Waals surface area (Å²) in [6.07, 6.45) is 0. The monoisotopic (exact) mass is 298 g/mol. The minimum Gasteiger partial charge on any atom is -0.383 e. The van der Waals surface area contributed by atoms with Crippen molar-refractivity contribution in [3.05, 3.63) is 32.6 Å². The van der Waals surface area contributed by atoms with Gasteiger partial charge in [-0.2, -0.15) is 4.98 Å². The molecule has 0 aliphatic carbocycles. The van der Waals surface area contributed by atoms with Crippen LogP contribution < -0.4 is 11.1 Å². The zero-order chi connectivity index (χ0) is 11.5. The number of thiophene rings is 1. The van der Waals surface area contributed by atoms with Crippen LogP contribution in [0.1, 0.15) is 9.75 Å². The van der Waals surface area contributed by atoms with Gasteiger partial charge in [0.15, 0.2) is 0 Å². The number of nitrogen functional groups attached to an aromatic ring is 1. The third-order valence-corrected chi connectivity index (χ3v) is 3.34. The summed E-state index contributed by atoms with van der Waals surface area (Å²) in [7, 11) is 0. The smallest absolute Gasteiger partial charge is 0.226 e. The summed E-state index contributed by atoms with van der Waals surface area (Å²) < 4.78 is 0.685. The number of aromatic nitrogens is 2. The van der Waals surface area contributed by atoms with Gasteiger partial charge < -0.3 is 11.1 Å². The van der Waals surface area contributed by atoms with Gasteiger partial charge in [0, 0.05) is 15.8 Å². The van der Waals surface area contributed by atoms with Crippen LogP contribution in [0.3, 0.4) is 0 Å². The van der Waals surface area contributed by atoms with E-state index in [1.165, 1.54) is 9.75 Å². The molecule has 0 aliphatic rings. The Labute approximate surface area is 106 Å². The molecule has 2 aromatic rings. The van der Waals surface area contributed by atoms with Crippen molar-refractivity contribution in [1.82, 2.24) is 9.97 Å². The van der Waals surface area contributed by atoms with Crippen LogP contribution >= 0.6 is 27.3 Å². The Morgan fingerprint density at radius 2 is 2.25 bits per heavy atom. The number of aryl methyl sites for hydroxylation is 1. The van der Waals surface area contributed by atoms with Crippen molar-refractivity contribution in [3.8, 4) is 0 Å². The molecule has 2 rings (SSSR count). The third-order valence-electron chi connectivity index (χ3n) is 1.93. The second-order valence-electron chi connectivity index (χ2n) is 3.31. The molecule has 0 spiro atoms. The average molecular weight is 299 g/mol. The molecule has 6 heteroatoms. The van der Waals surface area contributed by atoms with E-state index < -0.39 is 0 Å². The molecule has 0 aromatic carbocycles. The number of anilines is 2. The van der Waals surface area contributed by atoms with Gasteiger partial charge in [-0.25, -0.2) is 4.98 Å². The number of hydrogen-bond acceptors (Lipinski definition) is 5. The summed E-state index contributed by atoms with van der Waals surface area (Å²) in [4.78, 5) is 10.8. The van der Waals surface area contributed by atoms with E-state index >= 15 is 0 Å². The fourth-order valence-corrected chi connectivity index (χ4v) is 2.49. The topological polar surface area (TPSA) is 63.8 Å². The maximum Gasteiger partial charge on any atom is 0.226 e. The van der Waals surface area contributed by atoms with Gasteiger partial charge >= 0.3 is 0 Å². The van der Waals surface area contributed by atoms with Gasteiger partial charge in [0.2, 0.25) is 5.95 Å². The van der Waals surface area contributed by atoms with Crippen molar-refractivity contribution in [3.63, 3.8) is 0 Å². The molecule has 84 valence electrons. The molecule has 0 radical (unpaired) electrons. The molecule has 0 fully saturated rings. The van der Waals surface area contributed by atoms with Crippen molar-refractivity contribution in [2.45, 2.75) is 13.5 Å². The summed E-state index contributed by atoms with van der Waals surface area (Å²) >= 11 is 5.03. The van der Waals surface area contributed by atoms with E-state index in [2.05, 4.69) is 50.3 Å². The zero-order valence-electron chi connectivity index (χ0n) is 8.70. The van der Waals surface area contributed by atoms with Crippen molar-refractivity contribution >= 4 is 39.0 Å². The molecule has 2 aromatic heterocycles. The Kier molecular flexibility index (Phi) is 3.40. The van der Waals surface area contributed by atoms with E-state index in [1.54, 1.807) is 17.4 Å². The highest BCUT2D eigenvalue weighted by atomic mass is 79.9. The predicted octanol–water partition coefficient (Wildman–Crippen LogP) is 2.80. The molecule has 0 unspecified atom stereocenters. The highest BCUT2D eigenvalue weighted by Crippen LogP contribution is 2.17. The molecule has 4 nitrogen and oxygen atoms in total. The van der Waals surface area contributed by atoms with Gasteiger partial charge in [0.25, 0.3) is 0 Å². The Hall–Kier alpha value is -1.14. The van der Waals surface area contributed by atoms with Crippen LogP contribution in [0.2, 0.25) is 0 Å². The van der Waals surface area contributed by atoms with Gasteiger partial charge in [-0.05, 0) is 35.0 Å². The summed E-state index contributed by atoms with van der Waals surface area (Å²) in [6.45, 7) is 2.80. The molecule has 3 N–H and O–H groups in total. The van der Waals surface area contributed by atoms with E-state index in [9.17, 15) is 0 Å². The van der Waals surface area contributed by atoms with Crippen molar-refractivity contribution in [2.24, 2.45) is 0 Å². The molecule has 0 amide bonds. The van der Waals surface area contributed by atoms with Crippen LogP contribution in [0, 0.1) is 6.92 Å². The van der Waals surface area contributed by atoms with Gasteiger partial charge in [-0.3, -0.25) is 0 Å². The van der Waals surface area contributed by atoms with E-state index in [4.69, 9.17) is 5.73 Å². The maximum absolute atomic E-state index is 5.61. The van der Waals surface area contributed by atoms with Crippen LogP contribution in [0.15, 0.2) is 22.8 Å². The summed E-state index contributed by atoms with van der Waals surface area (Å²) in [5.74, 6) is 0.990. The normalized spacial score (nSPS) is 10.4. The molecular formula is C10H11BrN4S. The molecule has 0 atom stereocenters. The van der Waals surface area contributed by atoms with Gasteiger partial charge in [-0.1, -0.05) is 0 Å². The fraction of sp³-hybridized carbons (Fsp3) is 0.200. The van der Waals surface area contributed by atoms with E-state index in [0.29, 0.717) is 22.9 Å². The first-order chi connectivity index (χ1) is 7.63. The number of nitrogens with one attached hydrogen (secondary N) is 1. The summed E-state index contributed by atoms with van der Waals surface area (Å²) in [5.41, 5.74) is 5.61. The van der Waals surface area contributed by atoms with Crippen molar-refractivity contribution < 1.29 is 0 Å². The average Bonchev–Trinajstić information content (AvgIpc) is 2.60. The van der Waals surface area contributed by atoms with Crippen LogP contribution in [-0.2, 0) is 6.54 Å². The van der Waals surface area contributed by atoms with Gasteiger partial charge in [0.1, 0.15) is 10.4 Å². The molecule has 16 heavy (non-hydrogen) atoms. The number of rotatable bonds is 3. The number of hydrogen-bond donors (Lipinski definition) is 2. The number of nitrogens with two attached hydrogens (primary N) is 1. The molecular weight excluding hydrogens is 288 g/mol. The minimum absolute atomic E-state index is 0.451. The largest absolute Gasteiger partial charge is 0.383 e. The quantitative estimate of drug-likeness (QED) is 0.855. The van der Waals surface area contributed by atoms with E-state index in [-0.39, 0.29) is 0 Å². The van der Waals surface area contributed by atoms with E-state index in [1.807, 2.05) is 0 Å². The van der Waals surface area contributed by atoms with Crippen molar-refractivity contribution in [2.75, 3.05) is 11.1 Å². The van der Waals surface area contributed by atoms with Crippen LogP contribution in [0.25, 0.3) is 0 Å². The fourth-order valence-electron chi connectivity index (χ4n) is 1.26. The molecule has 2 heterocycles. The standard InChI is InChI=1S/C10H11BrN4S/c1-6-2-3-7(16-6)5-13-10-14-8(11)4-9(12)15-10/h2-4H,5H2,1H3,(H3,12,13,14,15). The SMILES string of the molecule is Cc1ccc(CNc2nc(N)cc(Br)n2)s1. The van der Waals surface area contributed by atoms with Crippen LogP contribution in [0.5, 0.6) is 0 Å². The van der Waals surface area contributed by atoms with Gasteiger partial charge in [-0.15, -0.1) is 11.3 Å². The predicted molar refractivity (Wildman–Crippen MR) is 70.5 cm³/mol. The first kappa shape index (κ1) is 11.3. The highest BCUT2D eigenvalue weighted by molar-refractivity contribution is 9.10. The number of nitrogens with zero attached hydrogens (tertiary/aromatic N) is 2. The second kappa shape index (κ2) is 4.80. The lowest BCUT2D eigenvalue weighted by Crippen LogP contribution is -2.04.